The Balaban J connectivity index is 1.56. The van der Waals surface area contributed by atoms with E-state index >= 15 is 0 Å². The fourth-order valence-corrected chi connectivity index (χ4v) is 5.67. The molecule has 0 unspecified atom stereocenters. The van der Waals surface area contributed by atoms with Gasteiger partial charge in [-0.2, -0.15) is 0 Å². The molecule has 2 heterocycles. The third-order valence-electron chi connectivity index (χ3n) is 7.14. The molecular formula is C26H33NO5. The van der Waals surface area contributed by atoms with E-state index in [-0.39, 0.29) is 41.4 Å². The van der Waals surface area contributed by atoms with Crippen molar-refractivity contribution in [2.24, 2.45) is 17.8 Å². The molecule has 0 bridgehead atoms. The van der Waals surface area contributed by atoms with E-state index in [2.05, 4.69) is 13.0 Å². The van der Waals surface area contributed by atoms with Crippen LogP contribution in [0.25, 0.3) is 6.08 Å². The number of carbonyl (C=O) groups is 2. The number of rotatable bonds is 8. The van der Waals surface area contributed by atoms with Crippen molar-refractivity contribution in [1.82, 2.24) is 4.90 Å². The summed E-state index contributed by atoms with van der Waals surface area (Å²) in [5.74, 6) is -0.496. The molecule has 0 saturated carbocycles. The van der Waals surface area contributed by atoms with Crippen molar-refractivity contribution in [1.29, 1.82) is 0 Å². The minimum atomic E-state index is -0.306. The van der Waals surface area contributed by atoms with Gasteiger partial charge >= 0.3 is 0 Å². The highest BCUT2D eigenvalue weighted by atomic mass is 16.5. The number of hydrogen-bond donors (Lipinski definition) is 1. The lowest BCUT2D eigenvalue weighted by molar-refractivity contribution is -0.138. The van der Waals surface area contributed by atoms with Crippen LogP contribution in [0.2, 0.25) is 0 Å². The molecule has 3 aliphatic rings. The number of aromatic hydroxyl groups is 1. The maximum atomic E-state index is 12.8. The quantitative estimate of drug-likeness (QED) is 0.490. The number of phenols is 1. The number of methoxy groups -OCH3 is 1. The van der Waals surface area contributed by atoms with Gasteiger partial charge in [0.15, 0.2) is 0 Å². The summed E-state index contributed by atoms with van der Waals surface area (Å²) < 4.78 is 11.7. The first-order valence-corrected chi connectivity index (χ1v) is 11.6. The lowest BCUT2D eigenvalue weighted by atomic mass is 9.69. The third kappa shape index (κ3) is 4.14. The summed E-state index contributed by atoms with van der Waals surface area (Å²) in [7, 11) is 3.26. The van der Waals surface area contributed by atoms with Gasteiger partial charge in [-0.3, -0.25) is 14.5 Å². The Morgan fingerprint density at radius 1 is 1.22 bits per heavy atom. The summed E-state index contributed by atoms with van der Waals surface area (Å²) in [5, 5.41) is 10.2. The third-order valence-corrected chi connectivity index (χ3v) is 7.14. The largest absolute Gasteiger partial charge is 0.507 e. The van der Waals surface area contributed by atoms with Crippen LogP contribution >= 0.6 is 0 Å². The standard InChI is InChI=1S/C26H33NO5/c1-4-7-16(12-17-8-5-6-9-21(17)28)10-11-22-23-18(14-31-3)13-19-24(20(23)15-32-22)26(30)27(2)25(19)29/h5-6,8-9,12,19-20,22,24,28H,4,7,10-11,13-15H2,1-3H3/b16-12+/t19-,20+,22-,24-/m1/s1. The van der Waals surface area contributed by atoms with Crippen LogP contribution in [0.4, 0.5) is 0 Å². The van der Waals surface area contributed by atoms with Gasteiger partial charge in [0, 0.05) is 25.6 Å². The minimum Gasteiger partial charge on any atom is -0.507 e. The first kappa shape index (κ1) is 22.7. The lowest BCUT2D eigenvalue weighted by Gasteiger charge is -2.31. The molecule has 1 aliphatic carbocycles. The Kier molecular flexibility index (Phi) is 6.82. The molecule has 2 fully saturated rings. The molecule has 1 N–H and O–H groups in total. The molecule has 4 rings (SSSR count). The summed E-state index contributed by atoms with van der Waals surface area (Å²) in [4.78, 5) is 26.7. The van der Waals surface area contributed by atoms with Crippen molar-refractivity contribution in [3.05, 3.63) is 46.5 Å². The van der Waals surface area contributed by atoms with E-state index in [4.69, 9.17) is 9.47 Å². The Morgan fingerprint density at radius 3 is 2.72 bits per heavy atom. The fraction of sp³-hybridized carbons (Fsp3) is 0.538. The smallest absolute Gasteiger partial charge is 0.233 e. The van der Waals surface area contributed by atoms with Crippen molar-refractivity contribution in [2.75, 3.05) is 27.4 Å². The summed E-state index contributed by atoms with van der Waals surface area (Å²) >= 11 is 0. The number of amides is 2. The fourth-order valence-electron chi connectivity index (χ4n) is 5.67. The van der Waals surface area contributed by atoms with Crippen molar-refractivity contribution in [3.8, 4) is 5.75 Å². The van der Waals surface area contributed by atoms with Crippen molar-refractivity contribution >= 4 is 17.9 Å². The van der Waals surface area contributed by atoms with Gasteiger partial charge in [0.1, 0.15) is 5.75 Å². The van der Waals surface area contributed by atoms with Gasteiger partial charge in [0.05, 0.1) is 31.2 Å². The Labute approximate surface area is 189 Å². The Hall–Kier alpha value is -2.44. The number of allylic oxidation sites excluding steroid dienone is 1. The SMILES string of the molecule is CCC/C(=C\c1ccccc1O)CC[C@H]1OC[C@H]2C1=C(COC)C[C@H]1C(=O)N(C)C(=O)[C@H]12. The van der Waals surface area contributed by atoms with Gasteiger partial charge in [0.2, 0.25) is 11.8 Å². The zero-order valence-corrected chi connectivity index (χ0v) is 19.2. The minimum absolute atomic E-state index is 0.0397. The van der Waals surface area contributed by atoms with Crippen LogP contribution in [0.3, 0.4) is 0 Å². The second kappa shape index (κ2) is 9.59. The highest BCUT2D eigenvalue weighted by molar-refractivity contribution is 6.05. The number of nitrogens with zero attached hydrogens (tertiary/aromatic N) is 1. The molecule has 1 aromatic carbocycles. The highest BCUT2D eigenvalue weighted by Gasteiger charge is 2.55. The summed E-state index contributed by atoms with van der Waals surface area (Å²) in [6.07, 6.45) is 6.24. The van der Waals surface area contributed by atoms with Crippen molar-refractivity contribution in [2.45, 2.75) is 45.1 Å². The normalized spacial score (nSPS) is 27.8. The van der Waals surface area contributed by atoms with Gasteiger partial charge < -0.3 is 14.6 Å². The van der Waals surface area contributed by atoms with Gasteiger partial charge in [-0.05, 0) is 42.9 Å². The predicted molar refractivity (Wildman–Crippen MR) is 122 cm³/mol. The van der Waals surface area contributed by atoms with Crippen LogP contribution in [0.15, 0.2) is 41.0 Å². The monoisotopic (exact) mass is 439 g/mol. The number of imide groups is 1. The van der Waals surface area contributed by atoms with E-state index in [9.17, 15) is 14.7 Å². The van der Waals surface area contributed by atoms with E-state index in [1.54, 1.807) is 20.2 Å². The first-order valence-electron chi connectivity index (χ1n) is 11.6. The topological polar surface area (TPSA) is 76.1 Å². The molecule has 6 heteroatoms. The zero-order chi connectivity index (χ0) is 22.8. The molecule has 1 aromatic rings. The van der Waals surface area contributed by atoms with Crippen LogP contribution in [0.1, 0.15) is 44.6 Å². The first-order chi connectivity index (χ1) is 15.5. The molecule has 0 spiro atoms. The molecule has 2 aliphatic heterocycles. The summed E-state index contributed by atoms with van der Waals surface area (Å²) in [6, 6.07) is 7.38. The number of para-hydroxylation sites is 1. The number of likely N-dealkylation sites (tertiary alicyclic amines) is 1. The van der Waals surface area contributed by atoms with E-state index in [1.807, 2.05) is 18.2 Å². The lowest BCUT2D eigenvalue weighted by Crippen LogP contribution is -2.34. The number of phenolic OH excluding ortho intramolecular Hbond substituents is 1. The van der Waals surface area contributed by atoms with Gasteiger partial charge in [-0.15, -0.1) is 0 Å². The van der Waals surface area contributed by atoms with Crippen LogP contribution < -0.4 is 0 Å². The average Bonchev–Trinajstić information content (AvgIpc) is 3.29. The molecular weight excluding hydrogens is 406 g/mol. The molecule has 172 valence electrons. The maximum absolute atomic E-state index is 12.8. The van der Waals surface area contributed by atoms with E-state index in [0.29, 0.717) is 19.6 Å². The highest BCUT2D eigenvalue weighted by Crippen LogP contribution is 2.49. The van der Waals surface area contributed by atoms with Gasteiger partial charge in [-0.1, -0.05) is 43.2 Å². The van der Waals surface area contributed by atoms with E-state index in [1.165, 1.54) is 16.0 Å². The van der Waals surface area contributed by atoms with Gasteiger partial charge in [0.25, 0.3) is 0 Å². The number of fused-ring (bicyclic) bond motifs is 3. The maximum Gasteiger partial charge on any atom is 0.233 e. The second-order valence-electron chi connectivity index (χ2n) is 9.14. The molecule has 2 amide bonds. The number of benzene rings is 1. The summed E-state index contributed by atoms with van der Waals surface area (Å²) in [5.41, 5.74) is 4.41. The number of ether oxygens (including phenoxy) is 2. The van der Waals surface area contributed by atoms with Crippen molar-refractivity contribution < 1.29 is 24.2 Å². The molecule has 32 heavy (non-hydrogen) atoms. The Morgan fingerprint density at radius 2 is 2.00 bits per heavy atom. The van der Waals surface area contributed by atoms with Crippen LogP contribution in [-0.2, 0) is 19.1 Å². The predicted octanol–water partition coefficient (Wildman–Crippen LogP) is 3.95. The van der Waals surface area contributed by atoms with Crippen LogP contribution in [-0.4, -0.2) is 55.3 Å². The van der Waals surface area contributed by atoms with Gasteiger partial charge in [-0.25, -0.2) is 0 Å². The molecule has 0 aromatic heterocycles. The summed E-state index contributed by atoms with van der Waals surface area (Å²) in [6.45, 7) is 3.10. The molecule has 0 radical (unpaired) electrons. The van der Waals surface area contributed by atoms with E-state index < -0.39 is 0 Å². The van der Waals surface area contributed by atoms with Crippen LogP contribution in [0, 0.1) is 17.8 Å². The molecule has 2 saturated heterocycles. The molecule has 4 atom stereocenters. The second-order valence-corrected chi connectivity index (χ2v) is 9.14. The zero-order valence-electron chi connectivity index (χ0n) is 19.2. The Bertz CT molecular complexity index is 949. The van der Waals surface area contributed by atoms with Crippen molar-refractivity contribution in [3.63, 3.8) is 0 Å². The average molecular weight is 440 g/mol. The van der Waals surface area contributed by atoms with Crippen LogP contribution in [0.5, 0.6) is 5.75 Å². The number of carbonyl (C=O) groups excluding carboxylic acids is 2. The molecule has 6 nitrogen and oxygen atoms in total. The number of hydrogen-bond acceptors (Lipinski definition) is 5. The van der Waals surface area contributed by atoms with E-state index in [0.717, 1.165) is 36.8 Å².